The van der Waals surface area contributed by atoms with Crippen LogP contribution in [0.2, 0.25) is 0 Å². The lowest BCUT2D eigenvalue weighted by Gasteiger charge is -2.09. The summed E-state index contributed by atoms with van der Waals surface area (Å²) in [6.07, 6.45) is -2.99. The molecule has 1 aromatic heterocycles. The summed E-state index contributed by atoms with van der Waals surface area (Å²) in [5.41, 5.74) is 4.10. The molecule has 0 aliphatic heterocycles. The summed E-state index contributed by atoms with van der Waals surface area (Å²) in [7, 11) is 0. The molecule has 1 N–H and O–H groups in total. The second-order valence-corrected chi connectivity index (χ2v) is 7.04. The fourth-order valence-corrected chi connectivity index (χ4v) is 3.33. The fraction of sp³-hybridized carbons (Fsp3) is 0.174. The molecule has 0 atom stereocenters. The van der Waals surface area contributed by atoms with Crippen LogP contribution in [0.25, 0.3) is 22.1 Å². The average molecular weight is 397 g/mol. The SMILES string of the molecule is Cc1cc2c(CCc3cccc(-c4ccc(C(F)(F)F)cc4)c3)noc2cc1O. The van der Waals surface area contributed by atoms with Crippen molar-refractivity contribution in [3.05, 3.63) is 83.0 Å². The molecule has 0 saturated carbocycles. The van der Waals surface area contributed by atoms with Crippen LogP contribution in [0.15, 0.2) is 65.2 Å². The Labute approximate surface area is 165 Å². The monoisotopic (exact) mass is 397 g/mol. The van der Waals surface area contributed by atoms with E-state index in [0.717, 1.165) is 45.5 Å². The number of rotatable bonds is 4. The lowest BCUT2D eigenvalue weighted by atomic mass is 9.99. The van der Waals surface area contributed by atoms with E-state index in [4.69, 9.17) is 4.52 Å². The smallest absolute Gasteiger partial charge is 0.416 e. The Morgan fingerprint density at radius 2 is 1.69 bits per heavy atom. The first-order valence-corrected chi connectivity index (χ1v) is 9.16. The van der Waals surface area contributed by atoms with Gasteiger partial charge in [0.05, 0.1) is 11.3 Å². The molecule has 0 aliphatic rings. The van der Waals surface area contributed by atoms with Gasteiger partial charge in [-0.15, -0.1) is 0 Å². The van der Waals surface area contributed by atoms with Crippen LogP contribution in [0.5, 0.6) is 5.75 Å². The molecule has 4 rings (SSSR count). The second-order valence-electron chi connectivity index (χ2n) is 7.04. The minimum absolute atomic E-state index is 0.171. The molecular formula is C23H18F3NO2. The van der Waals surface area contributed by atoms with E-state index in [0.29, 0.717) is 18.4 Å². The number of aryl methyl sites for hydroxylation is 3. The molecule has 0 saturated heterocycles. The van der Waals surface area contributed by atoms with E-state index in [1.54, 1.807) is 6.07 Å². The highest BCUT2D eigenvalue weighted by Gasteiger charge is 2.29. The van der Waals surface area contributed by atoms with Gasteiger partial charge in [-0.1, -0.05) is 41.6 Å². The Hall–Kier alpha value is -3.28. The van der Waals surface area contributed by atoms with Crippen molar-refractivity contribution in [1.82, 2.24) is 5.16 Å². The molecule has 3 aromatic carbocycles. The maximum Gasteiger partial charge on any atom is 0.416 e. The quantitative estimate of drug-likeness (QED) is 0.439. The third-order valence-electron chi connectivity index (χ3n) is 4.99. The number of phenolic OH excluding ortho intramolecular Hbond substituents is 1. The van der Waals surface area contributed by atoms with Crippen LogP contribution >= 0.6 is 0 Å². The lowest BCUT2D eigenvalue weighted by Crippen LogP contribution is -2.04. The van der Waals surface area contributed by atoms with Crippen molar-refractivity contribution >= 4 is 11.0 Å². The predicted molar refractivity (Wildman–Crippen MR) is 105 cm³/mol. The zero-order chi connectivity index (χ0) is 20.6. The van der Waals surface area contributed by atoms with Gasteiger partial charge in [0.15, 0.2) is 5.58 Å². The summed E-state index contributed by atoms with van der Waals surface area (Å²) in [6, 6.07) is 16.3. The summed E-state index contributed by atoms with van der Waals surface area (Å²) >= 11 is 0. The van der Waals surface area contributed by atoms with Gasteiger partial charge < -0.3 is 9.63 Å². The summed E-state index contributed by atoms with van der Waals surface area (Å²) in [5.74, 6) is 0.171. The van der Waals surface area contributed by atoms with E-state index in [-0.39, 0.29) is 5.75 Å². The molecule has 0 aliphatic carbocycles. The van der Waals surface area contributed by atoms with E-state index in [2.05, 4.69) is 5.16 Å². The molecule has 0 bridgehead atoms. The molecule has 6 heteroatoms. The first-order chi connectivity index (χ1) is 13.8. The van der Waals surface area contributed by atoms with E-state index < -0.39 is 11.7 Å². The Balaban J connectivity index is 1.53. The van der Waals surface area contributed by atoms with E-state index >= 15 is 0 Å². The Morgan fingerprint density at radius 3 is 2.41 bits per heavy atom. The molecule has 3 nitrogen and oxygen atoms in total. The Bertz CT molecular complexity index is 1160. The van der Waals surface area contributed by atoms with Crippen molar-refractivity contribution in [2.24, 2.45) is 0 Å². The molecule has 0 unspecified atom stereocenters. The summed E-state index contributed by atoms with van der Waals surface area (Å²) in [6.45, 7) is 1.82. The van der Waals surface area contributed by atoms with Gasteiger partial charge in [0.25, 0.3) is 0 Å². The summed E-state index contributed by atoms with van der Waals surface area (Å²) in [4.78, 5) is 0. The zero-order valence-electron chi connectivity index (χ0n) is 15.6. The van der Waals surface area contributed by atoms with Crippen molar-refractivity contribution in [3.8, 4) is 16.9 Å². The van der Waals surface area contributed by atoms with Crippen LogP contribution in [0.1, 0.15) is 22.4 Å². The number of aromatic nitrogens is 1. The van der Waals surface area contributed by atoms with Crippen LogP contribution < -0.4 is 0 Å². The number of alkyl halides is 3. The number of benzene rings is 3. The Morgan fingerprint density at radius 1 is 0.931 bits per heavy atom. The highest BCUT2D eigenvalue weighted by atomic mass is 19.4. The van der Waals surface area contributed by atoms with Gasteiger partial charge in [-0.05, 0) is 60.2 Å². The molecule has 0 spiro atoms. The molecule has 0 radical (unpaired) electrons. The number of nitrogens with zero attached hydrogens (tertiary/aromatic N) is 1. The number of hydrogen-bond donors (Lipinski definition) is 1. The Kier molecular flexibility index (Phi) is 4.78. The van der Waals surface area contributed by atoms with E-state index in [9.17, 15) is 18.3 Å². The van der Waals surface area contributed by atoms with Crippen molar-refractivity contribution in [3.63, 3.8) is 0 Å². The summed E-state index contributed by atoms with van der Waals surface area (Å²) in [5, 5.41) is 14.8. The molecule has 4 aromatic rings. The van der Waals surface area contributed by atoms with Crippen molar-refractivity contribution in [2.45, 2.75) is 25.9 Å². The van der Waals surface area contributed by atoms with Crippen molar-refractivity contribution in [1.29, 1.82) is 0 Å². The number of aromatic hydroxyl groups is 1. The third-order valence-corrected chi connectivity index (χ3v) is 4.99. The highest BCUT2D eigenvalue weighted by molar-refractivity contribution is 5.82. The standard InChI is InChI=1S/C23H18F3NO2/c1-14-11-19-20(27-29-22(19)13-21(14)28)10-5-15-3-2-4-17(12-15)16-6-8-18(9-7-16)23(24,25)26/h2-4,6-9,11-13,28H,5,10H2,1H3. The van der Waals surface area contributed by atoms with E-state index in [1.807, 2.05) is 37.3 Å². The maximum atomic E-state index is 12.8. The minimum Gasteiger partial charge on any atom is -0.508 e. The maximum absolute atomic E-state index is 12.8. The normalized spacial score (nSPS) is 11.9. The highest BCUT2D eigenvalue weighted by Crippen LogP contribution is 2.31. The van der Waals surface area contributed by atoms with Crippen LogP contribution in [-0.2, 0) is 19.0 Å². The van der Waals surface area contributed by atoms with Gasteiger partial charge in [-0.3, -0.25) is 0 Å². The van der Waals surface area contributed by atoms with Crippen LogP contribution in [0, 0.1) is 6.92 Å². The molecule has 0 fully saturated rings. The van der Waals surface area contributed by atoms with Crippen LogP contribution in [-0.4, -0.2) is 10.3 Å². The predicted octanol–water partition coefficient (Wildman–Crippen LogP) is 6.31. The minimum atomic E-state index is -4.34. The molecule has 148 valence electrons. The molecule has 29 heavy (non-hydrogen) atoms. The first-order valence-electron chi connectivity index (χ1n) is 9.16. The van der Waals surface area contributed by atoms with Gasteiger partial charge >= 0.3 is 6.18 Å². The van der Waals surface area contributed by atoms with Crippen molar-refractivity contribution < 1.29 is 22.8 Å². The third kappa shape index (κ3) is 3.97. The number of hydrogen-bond acceptors (Lipinski definition) is 3. The average Bonchev–Trinajstić information content (AvgIpc) is 3.08. The zero-order valence-corrected chi connectivity index (χ0v) is 15.6. The topological polar surface area (TPSA) is 46.3 Å². The van der Waals surface area contributed by atoms with Crippen LogP contribution in [0.3, 0.4) is 0 Å². The van der Waals surface area contributed by atoms with Crippen molar-refractivity contribution in [2.75, 3.05) is 0 Å². The van der Waals surface area contributed by atoms with Gasteiger partial charge in [-0.25, -0.2) is 0 Å². The first kappa shape index (κ1) is 19.1. The van der Waals surface area contributed by atoms with Gasteiger partial charge in [0.1, 0.15) is 5.75 Å². The largest absolute Gasteiger partial charge is 0.508 e. The fourth-order valence-electron chi connectivity index (χ4n) is 3.33. The number of phenols is 1. The second kappa shape index (κ2) is 7.28. The van der Waals surface area contributed by atoms with Gasteiger partial charge in [-0.2, -0.15) is 13.2 Å². The van der Waals surface area contributed by atoms with E-state index in [1.165, 1.54) is 12.1 Å². The number of halogens is 3. The van der Waals surface area contributed by atoms with Gasteiger partial charge in [0.2, 0.25) is 0 Å². The molecular weight excluding hydrogens is 379 g/mol. The lowest BCUT2D eigenvalue weighted by molar-refractivity contribution is -0.137. The summed E-state index contributed by atoms with van der Waals surface area (Å²) < 4.78 is 43.6. The number of fused-ring (bicyclic) bond motifs is 1. The molecule has 0 amide bonds. The van der Waals surface area contributed by atoms with Crippen LogP contribution in [0.4, 0.5) is 13.2 Å². The van der Waals surface area contributed by atoms with Gasteiger partial charge in [0, 0.05) is 11.5 Å². The molecule has 1 heterocycles.